The third-order valence-corrected chi connectivity index (χ3v) is 3.73. The minimum atomic E-state index is -0.642. The Hall–Kier alpha value is -1.92. The summed E-state index contributed by atoms with van der Waals surface area (Å²) >= 11 is 3.13. The van der Waals surface area contributed by atoms with Gasteiger partial charge in [-0.05, 0) is 39.7 Å². The zero-order valence-electron chi connectivity index (χ0n) is 10.2. The lowest BCUT2D eigenvalue weighted by molar-refractivity contribution is 0.554. The molecule has 20 heavy (non-hydrogen) atoms. The number of hydrogen-bond donors (Lipinski definition) is 2. The van der Waals surface area contributed by atoms with Crippen LogP contribution in [0, 0.1) is 5.82 Å². The molecule has 0 aliphatic carbocycles. The fourth-order valence-electron chi connectivity index (χ4n) is 2.10. The highest BCUT2D eigenvalue weighted by Gasteiger charge is 2.16. The normalized spacial score (nSPS) is 12.8. The third kappa shape index (κ3) is 2.17. The van der Waals surface area contributed by atoms with Crippen molar-refractivity contribution in [2.45, 2.75) is 6.04 Å². The van der Waals surface area contributed by atoms with Crippen LogP contribution >= 0.6 is 15.9 Å². The number of rotatable bonds is 2. The van der Waals surface area contributed by atoms with Crippen molar-refractivity contribution in [3.05, 3.63) is 68.4 Å². The number of nitrogens with two attached hydrogens (primary N) is 1. The highest BCUT2D eigenvalue weighted by Crippen LogP contribution is 2.27. The molecule has 3 rings (SSSR count). The maximum absolute atomic E-state index is 14.0. The summed E-state index contributed by atoms with van der Waals surface area (Å²) in [5, 5.41) is 0. The van der Waals surface area contributed by atoms with Crippen LogP contribution in [0.2, 0.25) is 0 Å². The van der Waals surface area contributed by atoms with Gasteiger partial charge in [0.2, 0.25) is 0 Å². The maximum atomic E-state index is 14.0. The van der Waals surface area contributed by atoms with Crippen molar-refractivity contribution in [1.82, 2.24) is 4.98 Å². The predicted octanol–water partition coefficient (Wildman–Crippen LogP) is 3.07. The predicted molar refractivity (Wildman–Crippen MR) is 77.0 cm³/mol. The van der Waals surface area contributed by atoms with Gasteiger partial charge in [0.05, 0.1) is 16.0 Å². The lowest BCUT2D eigenvalue weighted by atomic mass is 9.99. The van der Waals surface area contributed by atoms with Gasteiger partial charge in [-0.25, -0.2) is 9.18 Å². The van der Waals surface area contributed by atoms with Gasteiger partial charge in [-0.1, -0.05) is 18.2 Å². The van der Waals surface area contributed by atoms with Crippen LogP contribution in [0.3, 0.4) is 0 Å². The van der Waals surface area contributed by atoms with Crippen molar-refractivity contribution in [2.24, 2.45) is 5.73 Å². The number of benzene rings is 2. The van der Waals surface area contributed by atoms with E-state index in [1.807, 2.05) is 0 Å². The standard InChI is InChI=1S/C14H10BrFN2O2/c15-9-3-1-2-8(12(9)16)13(17)7-4-5-10-11(6-7)20-14(19)18-10/h1-6,13H,17H2,(H,18,19). The molecule has 102 valence electrons. The Labute approximate surface area is 121 Å². The molecule has 0 amide bonds. The molecule has 3 N–H and O–H groups in total. The van der Waals surface area contributed by atoms with Crippen LogP contribution in [0.5, 0.6) is 0 Å². The second-order valence-electron chi connectivity index (χ2n) is 4.39. The first-order chi connectivity index (χ1) is 9.56. The summed E-state index contributed by atoms with van der Waals surface area (Å²) in [4.78, 5) is 13.7. The van der Waals surface area contributed by atoms with Gasteiger partial charge in [0.25, 0.3) is 0 Å². The smallest absolute Gasteiger partial charge is 0.408 e. The SMILES string of the molecule is NC(c1ccc2[nH]c(=O)oc2c1)c1cccc(Br)c1F. The number of aromatic amines is 1. The van der Waals surface area contributed by atoms with E-state index in [9.17, 15) is 9.18 Å². The average Bonchev–Trinajstić information content (AvgIpc) is 2.80. The van der Waals surface area contributed by atoms with Gasteiger partial charge in [0.15, 0.2) is 5.58 Å². The van der Waals surface area contributed by atoms with E-state index >= 15 is 0 Å². The Bertz CT molecular complexity index is 841. The van der Waals surface area contributed by atoms with E-state index < -0.39 is 17.6 Å². The van der Waals surface area contributed by atoms with E-state index in [4.69, 9.17) is 10.2 Å². The Kier molecular flexibility index (Phi) is 3.19. The Morgan fingerprint density at radius 1 is 1.30 bits per heavy atom. The van der Waals surface area contributed by atoms with Crippen LogP contribution in [0.4, 0.5) is 4.39 Å². The van der Waals surface area contributed by atoms with E-state index in [0.717, 1.165) is 0 Å². The zero-order valence-corrected chi connectivity index (χ0v) is 11.8. The van der Waals surface area contributed by atoms with Crippen LogP contribution in [-0.4, -0.2) is 4.98 Å². The highest BCUT2D eigenvalue weighted by atomic mass is 79.9. The van der Waals surface area contributed by atoms with Crippen molar-refractivity contribution >= 4 is 27.0 Å². The molecular formula is C14H10BrFN2O2. The van der Waals surface area contributed by atoms with Crippen molar-refractivity contribution < 1.29 is 8.81 Å². The molecule has 1 aromatic heterocycles. The molecule has 0 bridgehead atoms. The summed E-state index contributed by atoms with van der Waals surface area (Å²) < 4.78 is 19.4. The number of halogens is 2. The molecule has 3 aromatic rings. The molecule has 1 heterocycles. The summed E-state index contributed by atoms with van der Waals surface area (Å²) in [5.41, 5.74) is 8.11. The van der Waals surface area contributed by atoms with E-state index in [1.54, 1.807) is 36.4 Å². The summed E-state index contributed by atoms with van der Waals surface area (Å²) in [6, 6.07) is 9.37. The first kappa shape index (κ1) is 13.1. The van der Waals surface area contributed by atoms with Crippen molar-refractivity contribution in [3.8, 4) is 0 Å². The lowest BCUT2D eigenvalue weighted by Gasteiger charge is -2.14. The van der Waals surface area contributed by atoms with Gasteiger partial charge in [-0.15, -0.1) is 0 Å². The fourth-order valence-corrected chi connectivity index (χ4v) is 2.48. The van der Waals surface area contributed by atoms with E-state index in [0.29, 0.717) is 26.7 Å². The summed E-state index contributed by atoms with van der Waals surface area (Å²) in [7, 11) is 0. The second-order valence-corrected chi connectivity index (χ2v) is 5.25. The number of aromatic nitrogens is 1. The van der Waals surface area contributed by atoms with Crippen LogP contribution in [-0.2, 0) is 0 Å². The molecular weight excluding hydrogens is 327 g/mol. The minimum absolute atomic E-state index is 0.361. The van der Waals surface area contributed by atoms with Crippen molar-refractivity contribution in [3.63, 3.8) is 0 Å². The van der Waals surface area contributed by atoms with Crippen LogP contribution in [0.1, 0.15) is 17.2 Å². The highest BCUT2D eigenvalue weighted by molar-refractivity contribution is 9.10. The molecule has 0 saturated carbocycles. The Morgan fingerprint density at radius 2 is 2.10 bits per heavy atom. The third-order valence-electron chi connectivity index (χ3n) is 3.12. The first-order valence-electron chi connectivity index (χ1n) is 5.88. The van der Waals surface area contributed by atoms with Gasteiger partial charge in [0.1, 0.15) is 5.82 Å². The summed E-state index contributed by atoms with van der Waals surface area (Å²) in [6.45, 7) is 0. The average molecular weight is 337 g/mol. The summed E-state index contributed by atoms with van der Waals surface area (Å²) in [6.07, 6.45) is 0. The molecule has 0 radical (unpaired) electrons. The molecule has 4 nitrogen and oxygen atoms in total. The Morgan fingerprint density at radius 3 is 2.90 bits per heavy atom. The number of oxazole rings is 1. The van der Waals surface area contributed by atoms with Crippen molar-refractivity contribution in [2.75, 3.05) is 0 Å². The molecule has 2 aromatic carbocycles. The van der Waals surface area contributed by atoms with E-state index in [2.05, 4.69) is 20.9 Å². The zero-order chi connectivity index (χ0) is 14.3. The molecule has 6 heteroatoms. The lowest BCUT2D eigenvalue weighted by Crippen LogP contribution is -2.13. The first-order valence-corrected chi connectivity index (χ1v) is 6.68. The molecule has 0 fully saturated rings. The molecule has 0 aliphatic heterocycles. The maximum Gasteiger partial charge on any atom is 0.417 e. The van der Waals surface area contributed by atoms with Gasteiger partial charge in [-0.3, -0.25) is 4.98 Å². The summed E-state index contributed by atoms with van der Waals surface area (Å²) in [5.74, 6) is -0.921. The monoisotopic (exact) mass is 336 g/mol. The van der Waals surface area contributed by atoms with Crippen LogP contribution < -0.4 is 11.5 Å². The van der Waals surface area contributed by atoms with Crippen LogP contribution in [0.25, 0.3) is 11.1 Å². The van der Waals surface area contributed by atoms with Gasteiger partial charge < -0.3 is 10.2 Å². The molecule has 1 unspecified atom stereocenters. The topological polar surface area (TPSA) is 72.0 Å². The Balaban J connectivity index is 2.09. The number of fused-ring (bicyclic) bond motifs is 1. The van der Waals surface area contributed by atoms with E-state index in [1.165, 1.54) is 0 Å². The minimum Gasteiger partial charge on any atom is -0.408 e. The number of hydrogen-bond acceptors (Lipinski definition) is 3. The second kappa shape index (κ2) is 4.88. The molecule has 0 spiro atoms. The molecule has 0 aliphatic rings. The number of H-pyrrole nitrogens is 1. The van der Waals surface area contributed by atoms with Gasteiger partial charge in [0, 0.05) is 5.56 Å². The van der Waals surface area contributed by atoms with E-state index in [-0.39, 0.29) is 0 Å². The van der Waals surface area contributed by atoms with Crippen LogP contribution in [0.15, 0.2) is 50.1 Å². The largest absolute Gasteiger partial charge is 0.417 e. The van der Waals surface area contributed by atoms with Crippen molar-refractivity contribution in [1.29, 1.82) is 0 Å². The van der Waals surface area contributed by atoms with Gasteiger partial charge >= 0.3 is 5.76 Å². The quantitative estimate of drug-likeness (QED) is 0.755. The molecule has 0 saturated heterocycles. The number of nitrogens with one attached hydrogen (secondary N) is 1. The fraction of sp³-hybridized carbons (Fsp3) is 0.0714. The van der Waals surface area contributed by atoms with Gasteiger partial charge in [-0.2, -0.15) is 0 Å². The molecule has 1 atom stereocenters.